The van der Waals surface area contributed by atoms with Crippen LogP contribution in [0.15, 0.2) is 0 Å². The van der Waals surface area contributed by atoms with Crippen molar-refractivity contribution in [1.82, 2.24) is 10.0 Å². The van der Waals surface area contributed by atoms with Crippen LogP contribution in [0.4, 0.5) is 0 Å². The lowest BCUT2D eigenvalue weighted by Crippen LogP contribution is -2.50. The smallest absolute Gasteiger partial charge is 0.0953 e. The second-order valence-electron chi connectivity index (χ2n) is 3.30. The lowest BCUT2D eigenvalue weighted by Gasteiger charge is -2.38. The highest BCUT2D eigenvalue weighted by molar-refractivity contribution is 5.09. The Morgan fingerprint density at radius 2 is 1.92 bits per heavy atom. The predicted molar refractivity (Wildman–Crippen MR) is 56.5 cm³/mol. The first-order chi connectivity index (χ1) is 5.99. The van der Waals surface area contributed by atoms with Gasteiger partial charge >= 0.3 is 0 Å². The largest absolute Gasteiger partial charge is 0.266 e. The molecule has 0 aliphatic rings. The predicted octanol–water partition coefficient (Wildman–Crippen LogP) is 1.55. The Hall–Kier alpha value is -1.12. The molecule has 2 nitrogen and oxygen atoms in total. The topological polar surface area (TPSA) is 6.48 Å². The van der Waals surface area contributed by atoms with Crippen molar-refractivity contribution in [2.45, 2.75) is 33.2 Å². The van der Waals surface area contributed by atoms with E-state index < -0.39 is 0 Å². The van der Waals surface area contributed by atoms with Gasteiger partial charge in [0, 0.05) is 19.6 Å². The van der Waals surface area contributed by atoms with Crippen molar-refractivity contribution >= 4 is 0 Å². The maximum absolute atomic E-state index is 5.45. The molecule has 0 unspecified atom stereocenters. The third-order valence-electron chi connectivity index (χ3n) is 1.93. The number of terminal acetylenes is 1. The SMILES string of the molecule is C#CC(C)(C)N(CC)N(C)C#CC. The number of hydrazine groups is 1. The fourth-order valence-corrected chi connectivity index (χ4v) is 1.28. The van der Waals surface area contributed by atoms with Crippen LogP contribution in [-0.2, 0) is 0 Å². The van der Waals surface area contributed by atoms with E-state index in [2.05, 4.69) is 24.8 Å². The Balaban J connectivity index is 4.68. The van der Waals surface area contributed by atoms with Gasteiger partial charge in [-0.15, -0.1) is 6.42 Å². The lowest BCUT2D eigenvalue weighted by atomic mass is 10.1. The van der Waals surface area contributed by atoms with Crippen molar-refractivity contribution in [3.05, 3.63) is 0 Å². The van der Waals surface area contributed by atoms with Gasteiger partial charge in [-0.05, 0) is 20.8 Å². The normalized spacial score (nSPS) is 10.2. The molecule has 0 saturated heterocycles. The summed E-state index contributed by atoms with van der Waals surface area (Å²) in [5, 5.41) is 3.89. The van der Waals surface area contributed by atoms with Gasteiger partial charge in [0.05, 0.1) is 5.54 Å². The Morgan fingerprint density at radius 1 is 1.38 bits per heavy atom. The van der Waals surface area contributed by atoms with Crippen molar-refractivity contribution in [3.63, 3.8) is 0 Å². The van der Waals surface area contributed by atoms with E-state index in [0.717, 1.165) is 6.54 Å². The van der Waals surface area contributed by atoms with Crippen LogP contribution in [0.2, 0.25) is 0 Å². The Bertz CT molecular complexity index is 249. The van der Waals surface area contributed by atoms with Gasteiger partial charge in [-0.1, -0.05) is 18.8 Å². The summed E-state index contributed by atoms with van der Waals surface area (Å²) in [6, 6.07) is 2.95. The molecule has 0 aliphatic heterocycles. The molecule has 0 aliphatic carbocycles. The minimum atomic E-state index is -0.284. The molecular weight excluding hydrogens is 160 g/mol. The van der Waals surface area contributed by atoms with Crippen LogP contribution >= 0.6 is 0 Å². The van der Waals surface area contributed by atoms with Crippen LogP contribution in [0.5, 0.6) is 0 Å². The van der Waals surface area contributed by atoms with Crippen molar-refractivity contribution in [2.24, 2.45) is 0 Å². The van der Waals surface area contributed by atoms with Crippen LogP contribution < -0.4 is 0 Å². The lowest BCUT2D eigenvalue weighted by molar-refractivity contribution is -0.00277. The van der Waals surface area contributed by atoms with E-state index in [9.17, 15) is 0 Å². The molecule has 0 heterocycles. The van der Waals surface area contributed by atoms with E-state index >= 15 is 0 Å². The molecule has 0 bridgehead atoms. The molecule has 13 heavy (non-hydrogen) atoms. The Labute approximate surface area is 81.9 Å². The molecule has 0 radical (unpaired) electrons. The van der Waals surface area contributed by atoms with Crippen LogP contribution in [0.1, 0.15) is 27.7 Å². The molecule has 0 aromatic rings. The average molecular weight is 178 g/mol. The monoisotopic (exact) mass is 178 g/mol. The van der Waals surface area contributed by atoms with Crippen LogP contribution in [-0.4, -0.2) is 29.1 Å². The molecular formula is C11H18N2. The summed E-state index contributed by atoms with van der Waals surface area (Å²) in [4.78, 5) is 0. The maximum atomic E-state index is 5.45. The van der Waals surface area contributed by atoms with E-state index in [1.165, 1.54) is 0 Å². The standard InChI is InChI=1S/C11H18N2/c1-7-10-12(6)13(9-3)11(4,5)8-2/h2H,9H2,1,3-6H3. The highest BCUT2D eigenvalue weighted by Gasteiger charge is 2.25. The minimum Gasteiger partial charge on any atom is -0.266 e. The summed E-state index contributed by atoms with van der Waals surface area (Å²) >= 11 is 0. The highest BCUT2D eigenvalue weighted by Crippen LogP contribution is 2.13. The third kappa shape index (κ3) is 3.01. The molecule has 0 N–H and O–H groups in total. The number of hydrogen-bond acceptors (Lipinski definition) is 2. The number of rotatable bonds is 3. The maximum Gasteiger partial charge on any atom is 0.0953 e. The van der Waals surface area contributed by atoms with Crippen molar-refractivity contribution < 1.29 is 0 Å². The van der Waals surface area contributed by atoms with E-state index in [-0.39, 0.29) is 5.54 Å². The molecule has 0 saturated carbocycles. The Kier molecular flexibility index (Phi) is 4.38. The molecule has 72 valence electrons. The van der Waals surface area contributed by atoms with Crippen molar-refractivity contribution in [1.29, 1.82) is 0 Å². The first-order valence-corrected chi connectivity index (χ1v) is 4.41. The first-order valence-electron chi connectivity index (χ1n) is 4.41. The van der Waals surface area contributed by atoms with Crippen molar-refractivity contribution in [3.8, 4) is 24.3 Å². The molecule has 0 rings (SSSR count). The second-order valence-corrected chi connectivity index (χ2v) is 3.30. The Morgan fingerprint density at radius 3 is 2.23 bits per heavy atom. The van der Waals surface area contributed by atoms with E-state index in [4.69, 9.17) is 6.42 Å². The summed E-state index contributed by atoms with van der Waals surface area (Å²) < 4.78 is 0. The zero-order valence-corrected chi connectivity index (χ0v) is 9.18. The van der Waals surface area contributed by atoms with Gasteiger partial charge in [-0.25, -0.2) is 0 Å². The summed E-state index contributed by atoms with van der Waals surface area (Å²) in [6.07, 6.45) is 5.45. The molecule has 0 fully saturated rings. The summed E-state index contributed by atoms with van der Waals surface area (Å²) in [6.45, 7) is 8.73. The fraction of sp³-hybridized carbons (Fsp3) is 0.636. The van der Waals surface area contributed by atoms with Gasteiger partial charge in [-0.3, -0.25) is 5.01 Å². The summed E-state index contributed by atoms with van der Waals surface area (Å²) in [5.74, 6) is 5.59. The van der Waals surface area contributed by atoms with Gasteiger partial charge in [0.1, 0.15) is 0 Å². The van der Waals surface area contributed by atoms with Crippen LogP contribution in [0.25, 0.3) is 0 Å². The molecule has 0 amide bonds. The first kappa shape index (κ1) is 11.9. The van der Waals surface area contributed by atoms with Gasteiger partial charge < -0.3 is 0 Å². The zero-order valence-electron chi connectivity index (χ0n) is 9.18. The second kappa shape index (κ2) is 4.80. The quantitative estimate of drug-likeness (QED) is 0.367. The van der Waals surface area contributed by atoms with E-state index in [1.54, 1.807) is 0 Å². The van der Waals surface area contributed by atoms with Crippen LogP contribution in [0, 0.1) is 24.3 Å². The van der Waals surface area contributed by atoms with Gasteiger partial charge in [0.2, 0.25) is 0 Å². The third-order valence-corrected chi connectivity index (χ3v) is 1.93. The summed E-state index contributed by atoms with van der Waals surface area (Å²) in [5.41, 5.74) is -0.284. The van der Waals surface area contributed by atoms with Gasteiger partial charge in [0.25, 0.3) is 0 Å². The summed E-state index contributed by atoms with van der Waals surface area (Å²) in [7, 11) is 1.92. The van der Waals surface area contributed by atoms with E-state index in [0.29, 0.717) is 0 Å². The zero-order chi connectivity index (χ0) is 10.5. The number of hydrogen-bond donors (Lipinski definition) is 0. The van der Waals surface area contributed by atoms with Gasteiger partial charge in [0.15, 0.2) is 0 Å². The highest BCUT2D eigenvalue weighted by atomic mass is 15.6. The fourth-order valence-electron chi connectivity index (χ4n) is 1.28. The van der Waals surface area contributed by atoms with Crippen molar-refractivity contribution in [2.75, 3.05) is 13.6 Å². The molecule has 2 heteroatoms. The molecule has 0 spiro atoms. The van der Waals surface area contributed by atoms with Crippen LogP contribution in [0.3, 0.4) is 0 Å². The molecule has 0 aromatic carbocycles. The minimum absolute atomic E-state index is 0.284. The van der Waals surface area contributed by atoms with Gasteiger partial charge in [-0.2, -0.15) is 5.01 Å². The average Bonchev–Trinajstić information content (AvgIpc) is 2.05. The molecule has 0 aromatic heterocycles. The van der Waals surface area contributed by atoms with E-state index in [1.807, 2.05) is 37.8 Å². The number of nitrogens with zero attached hydrogens (tertiary/aromatic N) is 2. The molecule has 0 atom stereocenters.